The first-order valence-corrected chi connectivity index (χ1v) is 10.2. The highest BCUT2D eigenvalue weighted by atomic mass is 32.2. The number of nitrogens with zero attached hydrogens (tertiary/aromatic N) is 2. The van der Waals surface area contributed by atoms with Crippen molar-refractivity contribution in [3.05, 3.63) is 35.4 Å². The van der Waals surface area contributed by atoms with Crippen molar-refractivity contribution in [1.82, 2.24) is 15.5 Å². The van der Waals surface area contributed by atoms with Gasteiger partial charge in [0.15, 0.2) is 5.11 Å². The van der Waals surface area contributed by atoms with Crippen LogP contribution in [-0.2, 0) is 15.3 Å². The molecular formula is C15H20N4O3S3. The molecule has 0 aromatic heterocycles. The van der Waals surface area contributed by atoms with Crippen LogP contribution in [0.2, 0.25) is 0 Å². The molecule has 0 spiro atoms. The van der Waals surface area contributed by atoms with Crippen LogP contribution in [0.3, 0.4) is 0 Å². The lowest BCUT2D eigenvalue weighted by molar-refractivity contribution is -0.126. The van der Waals surface area contributed by atoms with Gasteiger partial charge in [-0.25, -0.2) is 0 Å². The number of thioether (sulfide) groups is 1. The Hall–Kier alpha value is -1.49. The number of hydrogen-bond acceptors (Lipinski definition) is 7. The van der Waals surface area contributed by atoms with Gasteiger partial charge in [0.05, 0.1) is 0 Å². The van der Waals surface area contributed by atoms with Gasteiger partial charge in [0, 0.05) is 25.1 Å². The number of aryl methyl sites for hydroxylation is 1. The molecule has 2 atom stereocenters. The van der Waals surface area contributed by atoms with Crippen molar-refractivity contribution < 1.29 is 13.2 Å². The Labute approximate surface area is 158 Å². The van der Waals surface area contributed by atoms with E-state index < -0.39 is 22.7 Å². The van der Waals surface area contributed by atoms with Gasteiger partial charge in [-0.05, 0) is 24.7 Å². The third-order valence-corrected chi connectivity index (χ3v) is 5.51. The summed E-state index contributed by atoms with van der Waals surface area (Å²) in [5.74, 6) is 0.996. The first-order valence-electron chi connectivity index (χ1n) is 7.65. The average molecular weight is 401 g/mol. The topological polar surface area (TPSA) is 90.9 Å². The van der Waals surface area contributed by atoms with Gasteiger partial charge in [0.1, 0.15) is 12.2 Å². The molecule has 0 aliphatic carbocycles. The highest BCUT2D eigenvalue weighted by molar-refractivity contribution is 7.99. The standard InChI is InChI=1S/C15H20N4O3S3/c1-10-3-5-11(6-4-10)13(14(20)17-15(23)16-2)19-7-8-24-9-12(19)18-25(21)22/h3-6,12-13H,7-9H2,1-2H3,(H2,16,17,20,23). The molecule has 2 rings (SSSR count). The van der Waals surface area contributed by atoms with Crippen molar-refractivity contribution in [3.8, 4) is 0 Å². The molecule has 0 saturated carbocycles. The lowest BCUT2D eigenvalue weighted by atomic mass is 10.0. The number of nitrogens with one attached hydrogen (secondary N) is 2. The molecule has 10 heteroatoms. The average Bonchev–Trinajstić information content (AvgIpc) is 2.57. The summed E-state index contributed by atoms with van der Waals surface area (Å²) in [6, 6.07) is 6.90. The predicted molar refractivity (Wildman–Crippen MR) is 103 cm³/mol. The van der Waals surface area contributed by atoms with E-state index in [0.29, 0.717) is 12.3 Å². The molecule has 1 aromatic carbocycles. The van der Waals surface area contributed by atoms with Gasteiger partial charge in [-0.2, -0.15) is 24.5 Å². The Kier molecular flexibility index (Phi) is 7.36. The van der Waals surface area contributed by atoms with Crippen molar-refractivity contribution >= 4 is 45.5 Å². The quantitative estimate of drug-likeness (QED) is 0.731. The summed E-state index contributed by atoms with van der Waals surface area (Å²) in [5.41, 5.74) is 1.84. The van der Waals surface area contributed by atoms with Crippen molar-refractivity contribution in [2.45, 2.75) is 19.1 Å². The van der Waals surface area contributed by atoms with E-state index in [1.165, 1.54) is 0 Å². The Morgan fingerprint density at radius 2 is 2.08 bits per heavy atom. The molecule has 1 amide bonds. The number of carbonyl (C=O) groups excluding carboxylic acids is 1. The summed E-state index contributed by atoms with van der Waals surface area (Å²) in [7, 11) is -0.911. The fourth-order valence-corrected chi connectivity index (χ4v) is 4.15. The number of thiocarbonyl (C=S) groups is 1. The van der Waals surface area contributed by atoms with Gasteiger partial charge in [0.25, 0.3) is 0 Å². The van der Waals surface area contributed by atoms with Crippen LogP contribution in [0.1, 0.15) is 17.2 Å². The van der Waals surface area contributed by atoms with Gasteiger partial charge in [-0.15, -0.1) is 0 Å². The Balaban J connectivity index is 2.41. The fourth-order valence-electron chi connectivity index (χ4n) is 2.58. The van der Waals surface area contributed by atoms with E-state index in [1.807, 2.05) is 36.1 Å². The van der Waals surface area contributed by atoms with Crippen LogP contribution in [0.15, 0.2) is 28.6 Å². The van der Waals surface area contributed by atoms with Crippen LogP contribution in [0.25, 0.3) is 0 Å². The van der Waals surface area contributed by atoms with Crippen LogP contribution in [0.5, 0.6) is 0 Å². The van der Waals surface area contributed by atoms with E-state index >= 15 is 0 Å². The fraction of sp³-hybridized carbons (Fsp3) is 0.467. The summed E-state index contributed by atoms with van der Waals surface area (Å²) in [5, 5.41) is 5.58. The number of hydrogen-bond donors (Lipinski definition) is 2. The maximum absolute atomic E-state index is 12.8. The maximum atomic E-state index is 12.8. The zero-order valence-electron chi connectivity index (χ0n) is 13.9. The molecule has 0 radical (unpaired) electrons. The predicted octanol–water partition coefficient (Wildman–Crippen LogP) is 1.09. The Morgan fingerprint density at radius 1 is 1.40 bits per heavy atom. The van der Waals surface area contributed by atoms with Gasteiger partial charge >= 0.3 is 10.5 Å². The summed E-state index contributed by atoms with van der Waals surface area (Å²) < 4.78 is 25.9. The minimum atomic E-state index is -2.54. The molecule has 7 nitrogen and oxygen atoms in total. The second kappa shape index (κ2) is 9.27. The van der Waals surface area contributed by atoms with Gasteiger partial charge in [-0.1, -0.05) is 29.8 Å². The summed E-state index contributed by atoms with van der Waals surface area (Å²) >= 11 is 6.65. The molecule has 2 N–H and O–H groups in total. The molecule has 136 valence electrons. The molecule has 1 fully saturated rings. The summed E-state index contributed by atoms with van der Waals surface area (Å²) in [6.07, 6.45) is -0.586. The van der Waals surface area contributed by atoms with E-state index in [0.717, 1.165) is 16.9 Å². The van der Waals surface area contributed by atoms with Gasteiger partial charge < -0.3 is 10.6 Å². The van der Waals surface area contributed by atoms with Crippen molar-refractivity contribution in [1.29, 1.82) is 0 Å². The zero-order valence-corrected chi connectivity index (χ0v) is 16.4. The molecule has 1 aliphatic rings. The van der Waals surface area contributed by atoms with E-state index in [4.69, 9.17) is 12.2 Å². The molecule has 0 bridgehead atoms. The van der Waals surface area contributed by atoms with E-state index in [9.17, 15) is 13.2 Å². The first kappa shape index (κ1) is 19.8. The normalized spacial score (nSPS) is 18.9. The van der Waals surface area contributed by atoms with Crippen molar-refractivity contribution in [2.24, 2.45) is 4.36 Å². The van der Waals surface area contributed by atoms with Crippen LogP contribution in [0.4, 0.5) is 0 Å². The zero-order chi connectivity index (χ0) is 18.4. The van der Waals surface area contributed by atoms with Crippen LogP contribution in [-0.4, -0.2) is 55.6 Å². The second-order valence-electron chi connectivity index (χ2n) is 5.50. The third kappa shape index (κ3) is 5.50. The Bertz CT molecular complexity index is 757. The first-order chi connectivity index (χ1) is 11.9. The third-order valence-electron chi connectivity index (χ3n) is 3.79. The number of carbonyl (C=O) groups is 1. The maximum Gasteiger partial charge on any atom is 0.312 e. The van der Waals surface area contributed by atoms with Gasteiger partial charge in [-0.3, -0.25) is 9.69 Å². The van der Waals surface area contributed by atoms with Crippen LogP contribution in [0, 0.1) is 6.92 Å². The largest absolute Gasteiger partial charge is 0.365 e. The monoisotopic (exact) mass is 400 g/mol. The number of benzene rings is 1. The second-order valence-corrected chi connectivity index (χ2v) is 7.70. The molecule has 1 aromatic rings. The van der Waals surface area contributed by atoms with E-state index in [2.05, 4.69) is 15.0 Å². The van der Waals surface area contributed by atoms with E-state index in [1.54, 1.807) is 18.8 Å². The van der Waals surface area contributed by atoms with Crippen molar-refractivity contribution in [2.75, 3.05) is 25.1 Å². The smallest absolute Gasteiger partial charge is 0.312 e. The lowest BCUT2D eigenvalue weighted by Gasteiger charge is -2.37. The summed E-state index contributed by atoms with van der Waals surface area (Å²) in [6.45, 7) is 2.51. The van der Waals surface area contributed by atoms with Gasteiger partial charge in [0.2, 0.25) is 5.91 Å². The molecule has 1 saturated heterocycles. The van der Waals surface area contributed by atoms with E-state index in [-0.39, 0.29) is 11.0 Å². The molecule has 1 aliphatic heterocycles. The van der Waals surface area contributed by atoms with Crippen LogP contribution >= 0.6 is 24.0 Å². The number of rotatable bonds is 4. The minimum absolute atomic E-state index is 0.217. The molecule has 1 heterocycles. The highest BCUT2D eigenvalue weighted by Gasteiger charge is 2.35. The Morgan fingerprint density at radius 3 is 2.68 bits per heavy atom. The number of amides is 1. The highest BCUT2D eigenvalue weighted by Crippen LogP contribution is 2.29. The molecule has 2 unspecified atom stereocenters. The van der Waals surface area contributed by atoms with Crippen molar-refractivity contribution in [3.63, 3.8) is 0 Å². The SMILES string of the molecule is CNC(=S)NC(=O)C(c1ccc(C)cc1)N1CCSCC1N=S(=O)=O. The summed E-state index contributed by atoms with van der Waals surface area (Å²) in [4.78, 5) is 14.7. The lowest BCUT2D eigenvalue weighted by Crippen LogP contribution is -2.51. The minimum Gasteiger partial charge on any atom is -0.365 e. The molecule has 25 heavy (non-hydrogen) atoms. The van der Waals surface area contributed by atoms with Crippen LogP contribution < -0.4 is 10.6 Å². The molecular weight excluding hydrogens is 380 g/mol.